The molecule has 1 nitrogen and oxygen atoms in total. The molecule has 2 N–H and O–H groups in total. The van der Waals surface area contributed by atoms with E-state index >= 15 is 0 Å². The van der Waals surface area contributed by atoms with Crippen LogP contribution < -0.4 is 5.73 Å². The van der Waals surface area contributed by atoms with Crippen LogP contribution in [0.15, 0.2) is 42.5 Å². The van der Waals surface area contributed by atoms with E-state index in [0.29, 0.717) is 11.3 Å². The Bertz CT molecular complexity index is 556. The molecular weight excluding hydrogens is 239 g/mol. The molecule has 0 aliphatic rings. The first-order valence-electron chi connectivity index (χ1n) is 5.42. The van der Waals surface area contributed by atoms with Crippen LogP contribution in [0.3, 0.4) is 0 Å². The zero-order valence-corrected chi connectivity index (χ0v) is 9.75. The zero-order chi connectivity index (χ0) is 13.3. The summed E-state index contributed by atoms with van der Waals surface area (Å²) in [4.78, 5) is 0. The largest absolute Gasteiger partial charge is 0.417 e. The van der Waals surface area contributed by atoms with Gasteiger partial charge in [0.25, 0.3) is 0 Å². The van der Waals surface area contributed by atoms with Crippen molar-refractivity contribution in [3.8, 4) is 11.1 Å². The van der Waals surface area contributed by atoms with E-state index < -0.39 is 11.7 Å². The van der Waals surface area contributed by atoms with E-state index in [1.807, 2.05) is 0 Å². The molecule has 0 amide bonds. The first-order chi connectivity index (χ1) is 8.38. The number of halogens is 3. The van der Waals surface area contributed by atoms with Gasteiger partial charge in [-0.25, -0.2) is 0 Å². The number of nitrogens with two attached hydrogens (primary N) is 1. The fourth-order valence-corrected chi connectivity index (χ4v) is 1.81. The summed E-state index contributed by atoms with van der Waals surface area (Å²) < 4.78 is 38.8. The minimum atomic E-state index is -4.36. The van der Waals surface area contributed by atoms with E-state index in [9.17, 15) is 13.2 Å². The minimum absolute atomic E-state index is 0.183. The van der Waals surface area contributed by atoms with Crippen LogP contribution in [-0.4, -0.2) is 0 Å². The van der Waals surface area contributed by atoms with Crippen LogP contribution in [-0.2, 0) is 6.18 Å². The molecule has 0 aliphatic carbocycles. The van der Waals surface area contributed by atoms with E-state index in [4.69, 9.17) is 5.73 Å². The topological polar surface area (TPSA) is 26.0 Å². The second-order valence-corrected chi connectivity index (χ2v) is 4.17. The highest BCUT2D eigenvalue weighted by molar-refractivity contribution is 5.70. The SMILES string of the molecule is Cc1ccc(C(F)(F)F)c(-c2ccc(N)cc2)c1. The summed E-state index contributed by atoms with van der Waals surface area (Å²) in [5.41, 5.74) is 6.92. The van der Waals surface area contributed by atoms with Gasteiger partial charge < -0.3 is 5.73 Å². The molecule has 0 aliphatic heterocycles. The highest BCUT2D eigenvalue weighted by Crippen LogP contribution is 2.37. The van der Waals surface area contributed by atoms with Crippen molar-refractivity contribution in [1.82, 2.24) is 0 Å². The average molecular weight is 251 g/mol. The number of benzene rings is 2. The molecule has 0 unspecified atom stereocenters. The summed E-state index contributed by atoms with van der Waals surface area (Å²) in [5, 5.41) is 0. The molecule has 0 saturated carbocycles. The van der Waals surface area contributed by atoms with Gasteiger partial charge in [-0.2, -0.15) is 13.2 Å². The predicted molar refractivity (Wildman–Crippen MR) is 66.0 cm³/mol. The molecule has 0 aromatic heterocycles. The molecule has 0 atom stereocenters. The maximum atomic E-state index is 12.9. The van der Waals surface area contributed by atoms with E-state index in [-0.39, 0.29) is 5.56 Å². The third-order valence-corrected chi connectivity index (χ3v) is 2.70. The van der Waals surface area contributed by atoms with Gasteiger partial charge >= 0.3 is 6.18 Å². The highest BCUT2D eigenvalue weighted by atomic mass is 19.4. The first-order valence-corrected chi connectivity index (χ1v) is 5.42. The summed E-state index contributed by atoms with van der Waals surface area (Å²) in [6.07, 6.45) is -4.36. The fourth-order valence-electron chi connectivity index (χ4n) is 1.81. The van der Waals surface area contributed by atoms with Crippen LogP contribution >= 0.6 is 0 Å². The fraction of sp³-hybridized carbons (Fsp3) is 0.143. The van der Waals surface area contributed by atoms with Gasteiger partial charge in [0.05, 0.1) is 5.56 Å². The van der Waals surface area contributed by atoms with Crippen molar-refractivity contribution in [3.63, 3.8) is 0 Å². The number of anilines is 1. The molecule has 2 rings (SSSR count). The smallest absolute Gasteiger partial charge is 0.399 e. The summed E-state index contributed by atoms with van der Waals surface area (Å²) in [6, 6.07) is 10.5. The molecule has 0 bridgehead atoms. The second kappa shape index (κ2) is 4.37. The van der Waals surface area contributed by atoms with Gasteiger partial charge in [-0.15, -0.1) is 0 Å². The van der Waals surface area contributed by atoms with Gasteiger partial charge in [-0.05, 0) is 36.2 Å². The number of aryl methyl sites for hydroxylation is 1. The Labute approximate surface area is 103 Å². The Hall–Kier alpha value is -1.97. The number of rotatable bonds is 1. The van der Waals surface area contributed by atoms with Gasteiger partial charge in [0.1, 0.15) is 0 Å². The molecule has 4 heteroatoms. The van der Waals surface area contributed by atoms with E-state index in [2.05, 4.69) is 0 Å². The maximum Gasteiger partial charge on any atom is 0.417 e. The van der Waals surface area contributed by atoms with Crippen molar-refractivity contribution in [2.75, 3.05) is 5.73 Å². The van der Waals surface area contributed by atoms with Crippen LogP contribution in [0.1, 0.15) is 11.1 Å². The molecular formula is C14H12F3N. The number of alkyl halides is 3. The average Bonchev–Trinajstić information content (AvgIpc) is 2.28. The summed E-state index contributed by atoms with van der Waals surface area (Å²) in [5.74, 6) is 0. The van der Waals surface area contributed by atoms with Crippen LogP contribution in [0.25, 0.3) is 11.1 Å². The van der Waals surface area contributed by atoms with E-state index in [0.717, 1.165) is 11.6 Å². The highest BCUT2D eigenvalue weighted by Gasteiger charge is 2.33. The second-order valence-electron chi connectivity index (χ2n) is 4.17. The molecule has 0 fully saturated rings. The summed E-state index contributed by atoms with van der Waals surface area (Å²) in [7, 11) is 0. The van der Waals surface area contributed by atoms with Gasteiger partial charge in [0.15, 0.2) is 0 Å². The quantitative estimate of drug-likeness (QED) is 0.753. The molecule has 94 valence electrons. The lowest BCUT2D eigenvalue weighted by Gasteiger charge is -2.14. The lowest BCUT2D eigenvalue weighted by Crippen LogP contribution is -2.07. The lowest BCUT2D eigenvalue weighted by atomic mass is 9.97. The van der Waals surface area contributed by atoms with Crippen molar-refractivity contribution in [3.05, 3.63) is 53.6 Å². The lowest BCUT2D eigenvalue weighted by molar-refractivity contribution is -0.137. The Morgan fingerprint density at radius 1 is 0.944 bits per heavy atom. The standard InChI is InChI=1S/C14H12F3N/c1-9-2-7-13(14(15,16)17)12(8-9)10-3-5-11(18)6-4-10/h2-8H,18H2,1H3. The van der Waals surface area contributed by atoms with Crippen LogP contribution in [0, 0.1) is 6.92 Å². The zero-order valence-electron chi connectivity index (χ0n) is 9.75. The van der Waals surface area contributed by atoms with Crippen LogP contribution in [0.4, 0.5) is 18.9 Å². The van der Waals surface area contributed by atoms with Gasteiger partial charge in [0, 0.05) is 5.69 Å². The Morgan fingerprint density at radius 3 is 2.11 bits per heavy atom. The van der Waals surface area contributed by atoms with Crippen LogP contribution in [0.5, 0.6) is 0 Å². The Morgan fingerprint density at radius 2 is 1.56 bits per heavy atom. The van der Waals surface area contributed by atoms with E-state index in [1.54, 1.807) is 31.2 Å². The monoisotopic (exact) mass is 251 g/mol. The molecule has 2 aromatic carbocycles. The number of hydrogen-bond acceptors (Lipinski definition) is 1. The summed E-state index contributed by atoms with van der Waals surface area (Å²) in [6.45, 7) is 1.76. The van der Waals surface area contributed by atoms with E-state index in [1.165, 1.54) is 12.1 Å². The maximum absolute atomic E-state index is 12.9. The summed E-state index contributed by atoms with van der Waals surface area (Å²) >= 11 is 0. The van der Waals surface area contributed by atoms with Gasteiger partial charge in [0.2, 0.25) is 0 Å². The van der Waals surface area contributed by atoms with Crippen molar-refractivity contribution in [1.29, 1.82) is 0 Å². The minimum Gasteiger partial charge on any atom is -0.399 e. The van der Waals surface area contributed by atoms with Gasteiger partial charge in [-0.3, -0.25) is 0 Å². The molecule has 0 heterocycles. The Balaban J connectivity index is 2.62. The molecule has 2 aromatic rings. The predicted octanol–water partition coefficient (Wildman–Crippen LogP) is 4.26. The number of hydrogen-bond donors (Lipinski definition) is 1. The van der Waals surface area contributed by atoms with Crippen molar-refractivity contribution >= 4 is 5.69 Å². The first kappa shape index (κ1) is 12.5. The normalized spacial score (nSPS) is 11.6. The third-order valence-electron chi connectivity index (χ3n) is 2.70. The molecule has 18 heavy (non-hydrogen) atoms. The Kier molecular flexibility index (Phi) is 3.03. The molecule has 0 radical (unpaired) electrons. The van der Waals surface area contributed by atoms with Crippen molar-refractivity contribution < 1.29 is 13.2 Å². The third kappa shape index (κ3) is 2.47. The van der Waals surface area contributed by atoms with Crippen molar-refractivity contribution in [2.24, 2.45) is 0 Å². The molecule has 0 saturated heterocycles. The van der Waals surface area contributed by atoms with Crippen molar-refractivity contribution in [2.45, 2.75) is 13.1 Å². The van der Waals surface area contributed by atoms with Gasteiger partial charge in [-0.1, -0.05) is 29.8 Å². The van der Waals surface area contributed by atoms with Crippen LogP contribution in [0.2, 0.25) is 0 Å². The number of nitrogen functional groups attached to an aromatic ring is 1. The molecule has 0 spiro atoms.